The van der Waals surface area contributed by atoms with Crippen molar-refractivity contribution in [1.82, 2.24) is 20.0 Å². The van der Waals surface area contributed by atoms with E-state index in [1.165, 1.54) is 9.80 Å². The minimum absolute atomic E-state index is 0.0375. The van der Waals surface area contributed by atoms with Crippen molar-refractivity contribution >= 4 is 29.6 Å². The molecule has 234 valence electrons. The van der Waals surface area contributed by atoms with Crippen LogP contribution in [-0.4, -0.2) is 112 Å². The predicted octanol–water partition coefficient (Wildman–Crippen LogP) is 0.976. The maximum Gasteiger partial charge on any atom is 0.326 e. The summed E-state index contributed by atoms with van der Waals surface area (Å²) in [4.78, 5) is 67.5. The Kier molecular flexibility index (Phi) is 14.8. The second-order valence-electron chi connectivity index (χ2n) is 10.5. The molecule has 0 saturated carbocycles. The molecule has 0 spiro atoms. The van der Waals surface area contributed by atoms with Crippen LogP contribution < -0.4 is 5.32 Å². The summed E-state index contributed by atoms with van der Waals surface area (Å²) in [6.45, 7) is 1.76. The lowest BCUT2D eigenvalue weighted by molar-refractivity contribution is -0.143. The van der Waals surface area contributed by atoms with E-state index < -0.39 is 49.5 Å². The SMILES string of the molecule is CC(C)C[C@H](NC(=O)CCN(CCO)C(=O)CN(CCO)C(=O)CN(Cc1ccccc1)C(=O)c1ccccc1)C(=O)O. The molecule has 1 atom stereocenters. The first-order valence-electron chi connectivity index (χ1n) is 14.2. The minimum atomic E-state index is -1.16. The van der Waals surface area contributed by atoms with Gasteiger partial charge >= 0.3 is 5.97 Å². The highest BCUT2D eigenvalue weighted by molar-refractivity contribution is 5.97. The summed E-state index contributed by atoms with van der Waals surface area (Å²) in [7, 11) is 0. The molecule has 2 aromatic carbocycles. The molecular weight excluding hydrogens is 556 g/mol. The number of amides is 4. The summed E-state index contributed by atoms with van der Waals surface area (Å²) >= 11 is 0. The van der Waals surface area contributed by atoms with Gasteiger partial charge in [-0.3, -0.25) is 19.2 Å². The zero-order valence-corrected chi connectivity index (χ0v) is 24.7. The number of hydrogen-bond donors (Lipinski definition) is 4. The molecule has 0 aromatic heterocycles. The van der Waals surface area contributed by atoms with E-state index in [0.717, 1.165) is 10.5 Å². The number of carboxylic acids is 1. The van der Waals surface area contributed by atoms with E-state index in [2.05, 4.69) is 5.32 Å². The highest BCUT2D eigenvalue weighted by Crippen LogP contribution is 2.12. The van der Waals surface area contributed by atoms with Crippen LogP contribution in [0.15, 0.2) is 60.7 Å². The first-order valence-corrected chi connectivity index (χ1v) is 14.2. The molecule has 4 N–H and O–H groups in total. The molecule has 12 heteroatoms. The van der Waals surface area contributed by atoms with Gasteiger partial charge in [0.25, 0.3) is 5.91 Å². The number of aliphatic carboxylic acids is 1. The lowest BCUT2D eigenvalue weighted by Gasteiger charge is -2.29. The average Bonchev–Trinajstić information content (AvgIpc) is 2.98. The van der Waals surface area contributed by atoms with Gasteiger partial charge in [-0.2, -0.15) is 0 Å². The van der Waals surface area contributed by atoms with Crippen LogP contribution >= 0.6 is 0 Å². The van der Waals surface area contributed by atoms with Crippen molar-refractivity contribution in [2.75, 3.05) is 45.9 Å². The number of nitrogens with one attached hydrogen (secondary N) is 1. The lowest BCUT2D eigenvalue weighted by atomic mass is 10.0. The third kappa shape index (κ3) is 12.2. The Labute approximate surface area is 251 Å². The fraction of sp³-hybridized carbons (Fsp3) is 0.452. The van der Waals surface area contributed by atoms with Gasteiger partial charge in [0.05, 0.1) is 19.8 Å². The van der Waals surface area contributed by atoms with Crippen molar-refractivity contribution in [3.63, 3.8) is 0 Å². The molecule has 0 saturated heterocycles. The summed E-state index contributed by atoms with van der Waals surface area (Å²) in [6.07, 6.45) is 0.0324. The fourth-order valence-corrected chi connectivity index (χ4v) is 4.38. The molecular formula is C31H42N4O8. The van der Waals surface area contributed by atoms with Crippen molar-refractivity contribution in [3.8, 4) is 0 Å². The van der Waals surface area contributed by atoms with Crippen molar-refractivity contribution in [1.29, 1.82) is 0 Å². The fourth-order valence-electron chi connectivity index (χ4n) is 4.38. The van der Waals surface area contributed by atoms with E-state index in [-0.39, 0.29) is 57.4 Å². The van der Waals surface area contributed by atoms with Gasteiger partial charge in [-0.1, -0.05) is 62.4 Å². The maximum absolute atomic E-state index is 13.4. The van der Waals surface area contributed by atoms with Gasteiger partial charge < -0.3 is 35.3 Å². The third-order valence-corrected chi connectivity index (χ3v) is 6.57. The first kappa shape index (κ1) is 34.9. The molecule has 0 unspecified atom stereocenters. The van der Waals surface area contributed by atoms with Crippen LogP contribution in [0.2, 0.25) is 0 Å². The van der Waals surface area contributed by atoms with Crippen LogP contribution in [0, 0.1) is 5.92 Å². The van der Waals surface area contributed by atoms with Gasteiger partial charge in [0.2, 0.25) is 17.7 Å². The maximum atomic E-state index is 13.4. The van der Waals surface area contributed by atoms with Gasteiger partial charge in [0.15, 0.2) is 0 Å². The predicted molar refractivity (Wildman–Crippen MR) is 159 cm³/mol. The molecule has 43 heavy (non-hydrogen) atoms. The van der Waals surface area contributed by atoms with E-state index in [0.29, 0.717) is 5.56 Å². The van der Waals surface area contributed by atoms with Crippen LogP contribution in [0.3, 0.4) is 0 Å². The normalized spacial score (nSPS) is 11.5. The van der Waals surface area contributed by atoms with Crippen LogP contribution in [0.4, 0.5) is 0 Å². The van der Waals surface area contributed by atoms with Crippen molar-refractivity contribution in [2.24, 2.45) is 5.92 Å². The Morgan fingerprint density at radius 1 is 0.744 bits per heavy atom. The van der Waals surface area contributed by atoms with Crippen LogP contribution in [-0.2, 0) is 25.7 Å². The number of nitrogens with zero attached hydrogens (tertiary/aromatic N) is 3. The highest BCUT2D eigenvalue weighted by atomic mass is 16.4. The van der Waals surface area contributed by atoms with Crippen LogP contribution in [0.1, 0.15) is 42.6 Å². The Morgan fingerprint density at radius 2 is 1.28 bits per heavy atom. The number of aliphatic hydroxyl groups is 2. The monoisotopic (exact) mass is 598 g/mol. The first-order chi connectivity index (χ1) is 20.5. The van der Waals surface area contributed by atoms with E-state index in [9.17, 15) is 39.3 Å². The molecule has 0 heterocycles. The number of benzene rings is 2. The molecule has 0 aliphatic rings. The zero-order valence-electron chi connectivity index (χ0n) is 24.7. The van der Waals surface area contributed by atoms with Crippen molar-refractivity contribution in [2.45, 2.75) is 39.3 Å². The number of hydrogen-bond acceptors (Lipinski definition) is 7. The molecule has 12 nitrogen and oxygen atoms in total. The summed E-state index contributed by atoms with van der Waals surface area (Å²) in [5, 5.41) is 31.0. The van der Waals surface area contributed by atoms with Crippen LogP contribution in [0.25, 0.3) is 0 Å². The minimum Gasteiger partial charge on any atom is -0.480 e. The quantitative estimate of drug-likeness (QED) is 0.197. The number of carbonyl (C=O) groups excluding carboxylic acids is 4. The van der Waals surface area contributed by atoms with Gasteiger partial charge in [0.1, 0.15) is 12.6 Å². The summed E-state index contributed by atoms with van der Waals surface area (Å²) in [6, 6.07) is 16.6. The molecule has 0 bridgehead atoms. The lowest BCUT2D eigenvalue weighted by Crippen LogP contribution is -2.49. The van der Waals surface area contributed by atoms with E-state index in [4.69, 9.17) is 0 Å². The summed E-state index contributed by atoms with van der Waals surface area (Å²) in [5.41, 5.74) is 1.19. The topological polar surface area (TPSA) is 168 Å². The van der Waals surface area contributed by atoms with Gasteiger partial charge in [-0.05, 0) is 30.0 Å². The average molecular weight is 599 g/mol. The Morgan fingerprint density at radius 3 is 1.84 bits per heavy atom. The van der Waals surface area contributed by atoms with Gasteiger partial charge in [-0.15, -0.1) is 0 Å². The zero-order chi connectivity index (χ0) is 31.8. The molecule has 0 fully saturated rings. The van der Waals surface area contributed by atoms with Gasteiger partial charge in [0, 0.05) is 38.2 Å². The Bertz CT molecular complexity index is 1190. The number of aliphatic hydroxyl groups excluding tert-OH is 2. The second kappa shape index (κ2) is 18.3. The van der Waals surface area contributed by atoms with Crippen molar-refractivity contribution in [3.05, 3.63) is 71.8 Å². The third-order valence-electron chi connectivity index (χ3n) is 6.57. The molecule has 2 aromatic rings. The largest absolute Gasteiger partial charge is 0.480 e. The second-order valence-corrected chi connectivity index (χ2v) is 10.5. The van der Waals surface area contributed by atoms with Crippen LogP contribution in [0.5, 0.6) is 0 Å². The highest BCUT2D eigenvalue weighted by Gasteiger charge is 2.26. The standard InChI is InChI=1S/C31H42N4O8/c1-23(2)19-26(31(42)43)32-27(38)13-14-33(15-17-36)28(39)21-34(16-18-37)29(40)22-35(20-24-9-5-3-6-10-24)30(41)25-11-7-4-8-12-25/h3-12,23,26,36-37H,13-22H2,1-2H3,(H,32,38)(H,42,43)/t26-/m0/s1. The number of carbonyl (C=O) groups is 5. The molecule has 0 aliphatic carbocycles. The van der Waals surface area contributed by atoms with Gasteiger partial charge in [-0.25, -0.2) is 4.79 Å². The molecule has 4 amide bonds. The Hall–Kier alpha value is -4.29. The Balaban J connectivity index is 2.12. The smallest absolute Gasteiger partial charge is 0.326 e. The molecule has 0 aliphatic heterocycles. The van der Waals surface area contributed by atoms with Crippen molar-refractivity contribution < 1.29 is 39.3 Å². The summed E-state index contributed by atoms with van der Waals surface area (Å²) < 4.78 is 0. The van der Waals surface area contributed by atoms with E-state index in [1.54, 1.807) is 30.3 Å². The number of carboxylic acid groups (broad SMARTS) is 1. The van der Waals surface area contributed by atoms with E-state index in [1.807, 2.05) is 44.2 Å². The summed E-state index contributed by atoms with van der Waals surface area (Å²) in [5.74, 6) is -3.21. The van der Waals surface area contributed by atoms with E-state index >= 15 is 0 Å². The number of rotatable bonds is 18. The molecule has 0 radical (unpaired) electrons. The molecule has 2 rings (SSSR count).